The van der Waals surface area contributed by atoms with Crippen molar-refractivity contribution in [3.8, 4) is 5.75 Å². The molecule has 0 aliphatic heterocycles. The minimum absolute atomic E-state index is 0.687. The Hall–Kier alpha value is -2.49. The fourth-order valence-electron chi connectivity index (χ4n) is 2.42. The maximum atomic E-state index is 5.26. The molecule has 0 saturated carbocycles. The molecule has 0 aliphatic rings. The molecular weight excluding hydrogens is 298 g/mol. The van der Waals surface area contributed by atoms with Gasteiger partial charge in [0.2, 0.25) is 0 Å². The third-order valence-corrected chi connectivity index (χ3v) is 3.68. The zero-order valence-electron chi connectivity index (χ0n) is 14.6. The second-order valence-corrected chi connectivity index (χ2v) is 5.56. The number of guanidine groups is 1. The van der Waals surface area contributed by atoms with Crippen LogP contribution in [0.5, 0.6) is 5.75 Å². The van der Waals surface area contributed by atoms with Crippen molar-refractivity contribution in [2.75, 3.05) is 20.2 Å². The summed E-state index contributed by atoms with van der Waals surface area (Å²) in [5, 5.41) is 6.69. The van der Waals surface area contributed by atoms with Gasteiger partial charge in [-0.1, -0.05) is 42.5 Å². The molecule has 2 N–H and O–H groups in total. The number of ether oxygens (including phenoxy) is 1. The Morgan fingerprint density at radius 1 is 1.00 bits per heavy atom. The van der Waals surface area contributed by atoms with Crippen LogP contribution in [-0.4, -0.2) is 26.2 Å². The first-order valence-corrected chi connectivity index (χ1v) is 8.51. The van der Waals surface area contributed by atoms with E-state index in [2.05, 4.69) is 46.8 Å². The Balaban J connectivity index is 1.78. The maximum Gasteiger partial charge on any atom is 0.191 e. The molecule has 0 radical (unpaired) electrons. The van der Waals surface area contributed by atoms with Gasteiger partial charge < -0.3 is 15.4 Å². The summed E-state index contributed by atoms with van der Waals surface area (Å²) in [7, 11) is 1.70. The van der Waals surface area contributed by atoms with E-state index in [4.69, 9.17) is 4.74 Å². The van der Waals surface area contributed by atoms with Gasteiger partial charge in [-0.2, -0.15) is 0 Å². The van der Waals surface area contributed by atoms with Crippen LogP contribution < -0.4 is 15.4 Å². The summed E-state index contributed by atoms with van der Waals surface area (Å²) in [4.78, 5) is 4.63. The first-order chi connectivity index (χ1) is 11.8. The average molecular weight is 325 g/mol. The van der Waals surface area contributed by atoms with E-state index >= 15 is 0 Å². The molecular formula is C20H27N3O. The summed E-state index contributed by atoms with van der Waals surface area (Å²) in [6.45, 7) is 4.51. The van der Waals surface area contributed by atoms with E-state index in [-0.39, 0.29) is 0 Å². The van der Waals surface area contributed by atoms with Gasteiger partial charge >= 0.3 is 0 Å². The molecule has 0 saturated heterocycles. The number of rotatable bonds is 8. The Bertz CT molecular complexity index is 626. The first kappa shape index (κ1) is 17.9. The Labute approximate surface area is 145 Å². The lowest BCUT2D eigenvalue weighted by Crippen LogP contribution is -2.37. The lowest BCUT2D eigenvalue weighted by atomic mass is 10.1. The van der Waals surface area contributed by atoms with Gasteiger partial charge in [-0.15, -0.1) is 0 Å². The number of aryl methyl sites for hydroxylation is 1. The molecule has 0 heterocycles. The van der Waals surface area contributed by atoms with Crippen LogP contribution in [0.25, 0.3) is 0 Å². The summed E-state index contributed by atoms with van der Waals surface area (Å²) in [6, 6.07) is 18.5. The van der Waals surface area contributed by atoms with Crippen LogP contribution in [0.2, 0.25) is 0 Å². The van der Waals surface area contributed by atoms with Gasteiger partial charge in [0, 0.05) is 13.1 Å². The summed E-state index contributed by atoms with van der Waals surface area (Å²) in [6.07, 6.45) is 2.06. The predicted octanol–water partition coefficient (Wildman–Crippen LogP) is 3.38. The van der Waals surface area contributed by atoms with Crippen molar-refractivity contribution in [2.45, 2.75) is 26.3 Å². The SMILES string of the molecule is CCNC(=NCc1ccccc1)NCCCc1cccc(OC)c1. The molecule has 4 heteroatoms. The van der Waals surface area contributed by atoms with Gasteiger partial charge in [0.05, 0.1) is 13.7 Å². The number of hydrogen-bond acceptors (Lipinski definition) is 2. The number of nitrogens with one attached hydrogen (secondary N) is 2. The highest BCUT2D eigenvalue weighted by Gasteiger charge is 1.99. The van der Waals surface area contributed by atoms with Gasteiger partial charge in [0.15, 0.2) is 5.96 Å². The molecule has 128 valence electrons. The average Bonchev–Trinajstić information content (AvgIpc) is 2.64. The lowest BCUT2D eigenvalue weighted by Gasteiger charge is -2.11. The summed E-state index contributed by atoms with van der Waals surface area (Å²) in [5.41, 5.74) is 2.51. The highest BCUT2D eigenvalue weighted by molar-refractivity contribution is 5.79. The number of nitrogens with zero attached hydrogens (tertiary/aromatic N) is 1. The molecule has 0 aromatic heterocycles. The van der Waals surface area contributed by atoms with E-state index in [9.17, 15) is 0 Å². The normalized spacial score (nSPS) is 11.2. The van der Waals surface area contributed by atoms with Crippen molar-refractivity contribution in [1.82, 2.24) is 10.6 Å². The van der Waals surface area contributed by atoms with E-state index in [0.29, 0.717) is 6.54 Å². The molecule has 2 aromatic carbocycles. The molecule has 4 nitrogen and oxygen atoms in total. The van der Waals surface area contributed by atoms with Crippen molar-refractivity contribution in [3.63, 3.8) is 0 Å². The van der Waals surface area contributed by atoms with Crippen molar-refractivity contribution >= 4 is 5.96 Å². The molecule has 2 aromatic rings. The van der Waals surface area contributed by atoms with Crippen LogP contribution in [0.3, 0.4) is 0 Å². The number of benzene rings is 2. The second-order valence-electron chi connectivity index (χ2n) is 5.56. The largest absolute Gasteiger partial charge is 0.497 e. The highest BCUT2D eigenvalue weighted by atomic mass is 16.5. The lowest BCUT2D eigenvalue weighted by molar-refractivity contribution is 0.414. The third-order valence-electron chi connectivity index (χ3n) is 3.68. The van der Waals surface area contributed by atoms with Crippen molar-refractivity contribution < 1.29 is 4.74 Å². The van der Waals surface area contributed by atoms with Crippen LogP contribution in [0.15, 0.2) is 59.6 Å². The van der Waals surface area contributed by atoms with Crippen molar-refractivity contribution in [3.05, 3.63) is 65.7 Å². The number of methoxy groups -OCH3 is 1. The minimum atomic E-state index is 0.687. The van der Waals surface area contributed by atoms with Gasteiger partial charge in [-0.05, 0) is 43.0 Å². The van der Waals surface area contributed by atoms with Gasteiger partial charge in [-0.25, -0.2) is 4.99 Å². The van der Waals surface area contributed by atoms with E-state index in [1.165, 1.54) is 11.1 Å². The van der Waals surface area contributed by atoms with E-state index in [1.54, 1.807) is 7.11 Å². The number of hydrogen-bond donors (Lipinski definition) is 2. The molecule has 0 fully saturated rings. The van der Waals surface area contributed by atoms with Crippen LogP contribution in [0.1, 0.15) is 24.5 Å². The zero-order valence-corrected chi connectivity index (χ0v) is 14.6. The fourth-order valence-corrected chi connectivity index (χ4v) is 2.42. The Kier molecular flexibility index (Phi) is 7.68. The van der Waals surface area contributed by atoms with E-state index in [1.807, 2.05) is 30.3 Å². The summed E-state index contributed by atoms with van der Waals surface area (Å²) >= 11 is 0. The second kappa shape index (κ2) is 10.3. The molecule has 0 amide bonds. The summed E-state index contributed by atoms with van der Waals surface area (Å²) < 4.78 is 5.26. The molecule has 0 aliphatic carbocycles. The Morgan fingerprint density at radius 3 is 2.54 bits per heavy atom. The minimum Gasteiger partial charge on any atom is -0.497 e. The van der Waals surface area contributed by atoms with Gasteiger partial charge in [0.1, 0.15) is 5.75 Å². The van der Waals surface area contributed by atoms with Crippen LogP contribution in [0, 0.1) is 0 Å². The van der Waals surface area contributed by atoms with Crippen LogP contribution in [-0.2, 0) is 13.0 Å². The van der Waals surface area contributed by atoms with E-state index < -0.39 is 0 Å². The first-order valence-electron chi connectivity index (χ1n) is 8.51. The van der Waals surface area contributed by atoms with Crippen LogP contribution in [0.4, 0.5) is 0 Å². The zero-order chi connectivity index (χ0) is 17.0. The quantitative estimate of drug-likeness (QED) is 0.444. The van der Waals surface area contributed by atoms with Crippen molar-refractivity contribution in [1.29, 1.82) is 0 Å². The summed E-state index contributed by atoms with van der Waals surface area (Å²) in [5.74, 6) is 1.78. The van der Waals surface area contributed by atoms with Crippen molar-refractivity contribution in [2.24, 2.45) is 4.99 Å². The topological polar surface area (TPSA) is 45.7 Å². The third kappa shape index (κ3) is 6.32. The molecule has 0 spiro atoms. The van der Waals surface area contributed by atoms with E-state index in [0.717, 1.165) is 37.6 Å². The maximum absolute atomic E-state index is 5.26. The standard InChI is InChI=1S/C20H27N3O/c1-3-21-20(23-16-18-9-5-4-6-10-18)22-14-8-12-17-11-7-13-19(15-17)24-2/h4-7,9-11,13,15H,3,8,12,14,16H2,1-2H3,(H2,21,22,23). The molecule has 24 heavy (non-hydrogen) atoms. The number of aliphatic imine (C=N–C) groups is 1. The van der Waals surface area contributed by atoms with Crippen LogP contribution >= 0.6 is 0 Å². The monoisotopic (exact) mass is 325 g/mol. The highest BCUT2D eigenvalue weighted by Crippen LogP contribution is 2.13. The molecule has 2 rings (SSSR count). The molecule has 0 atom stereocenters. The Morgan fingerprint density at radius 2 is 1.79 bits per heavy atom. The van der Waals surface area contributed by atoms with Gasteiger partial charge in [-0.3, -0.25) is 0 Å². The predicted molar refractivity (Wildman–Crippen MR) is 101 cm³/mol. The smallest absolute Gasteiger partial charge is 0.191 e. The fraction of sp³-hybridized carbons (Fsp3) is 0.350. The molecule has 0 bridgehead atoms. The molecule has 0 unspecified atom stereocenters. The van der Waals surface area contributed by atoms with Gasteiger partial charge in [0.25, 0.3) is 0 Å².